The van der Waals surface area contributed by atoms with Crippen molar-refractivity contribution in [1.82, 2.24) is 5.32 Å². The molecule has 0 saturated carbocycles. The summed E-state index contributed by atoms with van der Waals surface area (Å²) in [5.41, 5.74) is 2.52. The lowest BCUT2D eigenvalue weighted by Gasteiger charge is -2.29. The lowest BCUT2D eigenvalue weighted by molar-refractivity contribution is 0.450. The minimum absolute atomic E-state index is 0.253. The zero-order valence-electron chi connectivity index (χ0n) is 11.8. The highest BCUT2D eigenvalue weighted by molar-refractivity contribution is 7.99. The van der Waals surface area contributed by atoms with Crippen molar-refractivity contribution in [2.75, 3.05) is 5.75 Å². The van der Waals surface area contributed by atoms with Crippen molar-refractivity contribution in [2.24, 2.45) is 0 Å². The van der Waals surface area contributed by atoms with Gasteiger partial charge in [0.2, 0.25) is 0 Å². The monoisotopic (exact) mass is 337 g/mol. The first kappa shape index (κ1) is 15.2. The summed E-state index contributed by atoms with van der Waals surface area (Å²) in [5, 5.41) is 5.30. The Hall–Kier alpha value is -0.670. The van der Waals surface area contributed by atoms with Crippen LogP contribution >= 0.6 is 35.0 Å². The number of rotatable bonds is 3. The van der Waals surface area contributed by atoms with Gasteiger partial charge in [-0.05, 0) is 60.6 Å². The van der Waals surface area contributed by atoms with Gasteiger partial charge in [0.25, 0.3) is 0 Å². The van der Waals surface area contributed by atoms with Gasteiger partial charge in [-0.1, -0.05) is 35.3 Å². The molecule has 0 spiro atoms. The quantitative estimate of drug-likeness (QED) is 0.750. The van der Waals surface area contributed by atoms with Gasteiger partial charge in [-0.2, -0.15) is 0 Å². The second kappa shape index (κ2) is 6.62. The molecule has 2 unspecified atom stereocenters. The van der Waals surface area contributed by atoms with Crippen molar-refractivity contribution in [3.8, 4) is 0 Å². The largest absolute Gasteiger partial charge is 0.303 e. The molecule has 0 aromatic heterocycles. The smallest absolute Gasteiger partial charge is 0.0410 e. The molecule has 2 aromatic carbocycles. The van der Waals surface area contributed by atoms with E-state index in [4.69, 9.17) is 23.2 Å². The second-order valence-corrected chi connectivity index (χ2v) is 7.32. The summed E-state index contributed by atoms with van der Waals surface area (Å²) < 4.78 is 0. The van der Waals surface area contributed by atoms with Crippen molar-refractivity contribution < 1.29 is 0 Å². The molecule has 1 heterocycles. The van der Waals surface area contributed by atoms with E-state index >= 15 is 0 Å². The van der Waals surface area contributed by atoms with Crippen molar-refractivity contribution in [3.05, 3.63) is 63.6 Å². The van der Waals surface area contributed by atoms with E-state index in [2.05, 4.69) is 30.4 Å². The summed E-state index contributed by atoms with van der Waals surface area (Å²) >= 11 is 14.2. The van der Waals surface area contributed by atoms with E-state index in [0.717, 1.165) is 22.2 Å². The molecule has 3 rings (SSSR count). The van der Waals surface area contributed by atoms with Crippen LogP contribution in [0, 0.1) is 0 Å². The molecule has 2 atom stereocenters. The van der Waals surface area contributed by atoms with E-state index in [1.165, 1.54) is 16.0 Å². The molecule has 2 aromatic rings. The van der Waals surface area contributed by atoms with Crippen LogP contribution in [-0.4, -0.2) is 5.75 Å². The Labute approximate surface area is 140 Å². The van der Waals surface area contributed by atoms with Crippen LogP contribution in [0.3, 0.4) is 0 Å². The number of thioether (sulfide) groups is 1. The van der Waals surface area contributed by atoms with Gasteiger partial charge in [-0.3, -0.25) is 0 Å². The van der Waals surface area contributed by atoms with Crippen LogP contribution in [0.5, 0.6) is 0 Å². The van der Waals surface area contributed by atoms with Crippen molar-refractivity contribution in [1.29, 1.82) is 0 Å². The summed E-state index contributed by atoms with van der Waals surface area (Å²) in [5.74, 6) is 1.13. The van der Waals surface area contributed by atoms with E-state index in [1.807, 2.05) is 36.0 Å². The summed E-state index contributed by atoms with van der Waals surface area (Å²) in [7, 11) is 0. The molecular weight excluding hydrogens is 321 g/mol. The molecule has 0 fully saturated rings. The minimum atomic E-state index is 0.253. The number of fused-ring (bicyclic) bond motifs is 1. The Morgan fingerprint density at radius 2 is 1.95 bits per heavy atom. The zero-order chi connectivity index (χ0) is 14.8. The van der Waals surface area contributed by atoms with Gasteiger partial charge in [0, 0.05) is 27.0 Å². The topological polar surface area (TPSA) is 12.0 Å². The molecule has 1 aliphatic rings. The Morgan fingerprint density at radius 1 is 1.14 bits per heavy atom. The van der Waals surface area contributed by atoms with Crippen LogP contribution in [0.15, 0.2) is 47.4 Å². The molecule has 110 valence electrons. The molecule has 0 radical (unpaired) electrons. The summed E-state index contributed by atoms with van der Waals surface area (Å²) in [6, 6.07) is 14.8. The molecule has 21 heavy (non-hydrogen) atoms. The van der Waals surface area contributed by atoms with Gasteiger partial charge in [0.05, 0.1) is 0 Å². The maximum absolute atomic E-state index is 6.16. The highest BCUT2D eigenvalue weighted by atomic mass is 35.5. The third-order valence-corrected chi connectivity index (χ3v) is 5.40. The lowest BCUT2D eigenvalue weighted by Crippen LogP contribution is -2.27. The first-order chi connectivity index (χ1) is 10.1. The predicted molar refractivity (Wildman–Crippen MR) is 92.5 cm³/mol. The molecule has 4 heteroatoms. The molecule has 1 nitrogen and oxygen atoms in total. The van der Waals surface area contributed by atoms with Crippen LogP contribution in [0.4, 0.5) is 0 Å². The molecule has 0 bridgehead atoms. The average Bonchev–Trinajstić information content (AvgIpc) is 2.48. The van der Waals surface area contributed by atoms with E-state index in [9.17, 15) is 0 Å². The number of hydrogen-bond acceptors (Lipinski definition) is 2. The van der Waals surface area contributed by atoms with Crippen LogP contribution in [0.25, 0.3) is 0 Å². The van der Waals surface area contributed by atoms with Gasteiger partial charge >= 0.3 is 0 Å². The van der Waals surface area contributed by atoms with Gasteiger partial charge in [-0.25, -0.2) is 0 Å². The second-order valence-electron chi connectivity index (χ2n) is 5.32. The van der Waals surface area contributed by atoms with Gasteiger partial charge < -0.3 is 5.32 Å². The van der Waals surface area contributed by atoms with E-state index in [1.54, 1.807) is 0 Å². The normalized spacial score (nSPS) is 19.1. The predicted octanol–water partition coefficient (Wildman–Crippen LogP) is 5.88. The number of benzene rings is 2. The molecular formula is C17H17Cl2NS. The Kier molecular flexibility index (Phi) is 4.80. The fourth-order valence-corrected chi connectivity index (χ4v) is 4.20. The number of hydrogen-bond donors (Lipinski definition) is 1. The van der Waals surface area contributed by atoms with Crippen LogP contribution in [0.2, 0.25) is 10.0 Å². The van der Waals surface area contributed by atoms with Crippen molar-refractivity contribution in [3.63, 3.8) is 0 Å². The Bertz CT molecular complexity index is 644. The molecule has 0 amide bonds. The minimum Gasteiger partial charge on any atom is -0.303 e. The first-order valence-electron chi connectivity index (χ1n) is 7.07. The molecule has 0 aliphatic carbocycles. The summed E-state index contributed by atoms with van der Waals surface area (Å²) in [6.07, 6.45) is 1.11. The fraction of sp³-hybridized carbons (Fsp3) is 0.294. The maximum atomic E-state index is 6.16. The van der Waals surface area contributed by atoms with Gasteiger partial charge in [0.15, 0.2) is 0 Å². The molecule has 1 aliphatic heterocycles. The number of nitrogens with one attached hydrogen (secondary N) is 1. The van der Waals surface area contributed by atoms with Crippen molar-refractivity contribution >= 4 is 35.0 Å². The third-order valence-electron chi connectivity index (χ3n) is 3.81. The third kappa shape index (κ3) is 3.57. The number of halogens is 2. The van der Waals surface area contributed by atoms with Crippen LogP contribution in [-0.2, 0) is 0 Å². The molecule has 1 N–H and O–H groups in total. The van der Waals surface area contributed by atoms with Gasteiger partial charge in [0.1, 0.15) is 0 Å². The van der Waals surface area contributed by atoms with Crippen LogP contribution < -0.4 is 5.32 Å². The van der Waals surface area contributed by atoms with E-state index in [0.29, 0.717) is 6.04 Å². The Balaban J connectivity index is 1.81. The summed E-state index contributed by atoms with van der Waals surface area (Å²) in [4.78, 5) is 1.33. The average molecular weight is 338 g/mol. The SMILES string of the molecule is CC(NC1CCSc2ccc(Cl)cc21)c1cccc(Cl)c1. The first-order valence-corrected chi connectivity index (χ1v) is 8.81. The van der Waals surface area contributed by atoms with Crippen LogP contribution in [0.1, 0.15) is 36.6 Å². The molecule has 0 saturated heterocycles. The highest BCUT2D eigenvalue weighted by Crippen LogP contribution is 2.38. The van der Waals surface area contributed by atoms with Crippen molar-refractivity contribution in [2.45, 2.75) is 30.3 Å². The summed E-state index contributed by atoms with van der Waals surface area (Å²) in [6.45, 7) is 2.18. The zero-order valence-corrected chi connectivity index (χ0v) is 14.1. The highest BCUT2D eigenvalue weighted by Gasteiger charge is 2.22. The van der Waals surface area contributed by atoms with Gasteiger partial charge in [-0.15, -0.1) is 11.8 Å². The van der Waals surface area contributed by atoms with E-state index < -0.39 is 0 Å². The fourth-order valence-electron chi connectivity index (χ4n) is 2.71. The maximum Gasteiger partial charge on any atom is 0.0410 e. The van der Waals surface area contributed by atoms with E-state index in [-0.39, 0.29) is 6.04 Å². The lowest BCUT2D eigenvalue weighted by atomic mass is 10.0. The Morgan fingerprint density at radius 3 is 2.76 bits per heavy atom. The standard InChI is InChI=1S/C17H17Cl2NS/c1-11(12-3-2-4-13(18)9-12)20-16-7-8-21-17-6-5-14(19)10-15(16)17/h2-6,9-11,16,20H,7-8H2,1H3.